The van der Waals surface area contributed by atoms with E-state index in [4.69, 9.17) is 0 Å². The molecule has 170 valence electrons. The molecule has 32 heavy (non-hydrogen) atoms. The van der Waals surface area contributed by atoms with Gasteiger partial charge >= 0.3 is 0 Å². The van der Waals surface area contributed by atoms with Crippen molar-refractivity contribution in [2.45, 2.75) is 32.2 Å². The summed E-state index contributed by atoms with van der Waals surface area (Å²) >= 11 is 0. The number of halogens is 1. The van der Waals surface area contributed by atoms with Crippen LogP contribution >= 0.6 is 0 Å². The monoisotopic (exact) mass is 439 g/mol. The summed E-state index contributed by atoms with van der Waals surface area (Å²) in [6.45, 7) is 6.16. The third-order valence-corrected chi connectivity index (χ3v) is 6.29. The van der Waals surface area contributed by atoms with Gasteiger partial charge in [0.1, 0.15) is 11.6 Å². The number of pyridine rings is 1. The number of nitrogens with one attached hydrogen (secondary N) is 1. The predicted molar refractivity (Wildman–Crippen MR) is 122 cm³/mol. The number of amides is 2. The lowest BCUT2D eigenvalue weighted by Gasteiger charge is -2.38. The second-order valence-electron chi connectivity index (χ2n) is 8.43. The number of piperazine rings is 1. The zero-order valence-corrected chi connectivity index (χ0v) is 18.5. The van der Waals surface area contributed by atoms with Gasteiger partial charge in [-0.15, -0.1) is 0 Å². The lowest BCUT2D eigenvalue weighted by atomic mass is 10.1. The Labute approximate surface area is 188 Å². The second-order valence-corrected chi connectivity index (χ2v) is 8.43. The molecule has 1 aromatic heterocycles. The molecule has 0 bridgehead atoms. The standard InChI is InChI=1S/C24H30FN5O2/c1-18(23(31)27-20-8-5-7-19(25)17-20)28-13-15-29(16-14-28)22-21(9-6-10-26-22)24(32)30-11-3-2-4-12-30/h5-10,17-18H,2-4,11-16H2,1H3,(H,27,31). The Morgan fingerprint density at radius 1 is 1.00 bits per heavy atom. The lowest BCUT2D eigenvalue weighted by molar-refractivity contribution is -0.120. The van der Waals surface area contributed by atoms with Gasteiger partial charge in [0, 0.05) is 51.2 Å². The van der Waals surface area contributed by atoms with Crippen molar-refractivity contribution in [2.24, 2.45) is 0 Å². The SMILES string of the molecule is CC(C(=O)Nc1cccc(F)c1)N1CCN(c2ncccc2C(=O)N2CCCCC2)CC1. The summed E-state index contributed by atoms with van der Waals surface area (Å²) < 4.78 is 13.4. The Bertz CT molecular complexity index is 955. The molecule has 8 heteroatoms. The van der Waals surface area contributed by atoms with Crippen molar-refractivity contribution in [3.63, 3.8) is 0 Å². The van der Waals surface area contributed by atoms with Crippen LogP contribution in [0, 0.1) is 5.82 Å². The summed E-state index contributed by atoms with van der Waals surface area (Å²) in [6.07, 6.45) is 5.01. The molecule has 2 aliphatic heterocycles. The van der Waals surface area contributed by atoms with Gasteiger partial charge in [-0.3, -0.25) is 14.5 Å². The highest BCUT2D eigenvalue weighted by Crippen LogP contribution is 2.23. The first-order valence-electron chi connectivity index (χ1n) is 11.3. The molecule has 0 aliphatic carbocycles. The van der Waals surface area contributed by atoms with Crippen molar-refractivity contribution >= 4 is 23.3 Å². The van der Waals surface area contributed by atoms with Crippen molar-refractivity contribution in [3.05, 3.63) is 54.0 Å². The van der Waals surface area contributed by atoms with E-state index in [9.17, 15) is 14.0 Å². The summed E-state index contributed by atoms with van der Waals surface area (Å²) in [5, 5.41) is 2.79. The van der Waals surface area contributed by atoms with Crippen LogP contribution in [0.3, 0.4) is 0 Å². The van der Waals surface area contributed by atoms with E-state index < -0.39 is 0 Å². The molecule has 0 radical (unpaired) electrons. The molecule has 1 N–H and O–H groups in total. The molecule has 2 fully saturated rings. The van der Waals surface area contributed by atoms with E-state index in [1.54, 1.807) is 18.3 Å². The molecule has 0 spiro atoms. The minimum absolute atomic E-state index is 0.0538. The zero-order valence-electron chi connectivity index (χ0n) is 18.5. The van der Waals surface area contributed by atoms with Gasteiger partial charge in [0.2, 0.25) is 5.91 Å². The third kappa shape index (κ3) is 5.07. The maximum absolute atomic E-state index is 13.4. The van der Waals surface area contributed by atoms with Gasteiger partial charge in [0.25, 0.3) is 5.91 Å². The van der Waals surface area contributed by atoms with Crippen molar-refractivity contribution < 1.29 is 14.0 Å². The largest absolute Gasteiger partial charge is 0.353 e. The van der Waals surface area contributed by atoms with Gasteiger partial charge in [0.05, 0.1) is 11.6 Å². The second kappa shape index (κ2) is 10.1. The lowest BCUT2D eigenvalue weighted by Crippen LogP contribution is -2.53. The van der Waals surface area contributed by atoms with E-state index in [-0.39, 0.29) is 23.7 Å². The summed E-state index contributed by atoms with van der Waals surface area (Å²) in [5.74, 6) is 0.231. The molecule has 4 rings (SSSR count). The summed E-state index contributed by atoms with van der Waals surface area (Å²) in [6, 6.07) is 9.23. The number of likely N-dealkylation sites (tertiary alicyclic amines) is 1. The number of piperidine rings is 1. The average Bonchev–Trinajstić information content (AvgIpc) is 2.84. The Morgan fingerprint density at radius 3 is 2.47 bits per heavy atom. The van der Waals surface area contributed by atoms with Gasteiger partial charge in [0.15, 0.2) is 0 Å². The van der Waals surface area contributed by atoms with Crippen LogP contribution in [0.5, 0.6) is 0 Å². The van der Waals surface area contributed by atoms with Crippen LogP contribution in [0.1, 0.15) is 36.5 Å². The fraction of sp³-hybridized carbons (Fsp3) is 0.458. The van der Waals surface area contributed by atoms with E-state index in [0.29, 0.717) is 37.4 Å². The van der Waals surface area contributed by atoms with Gasteiger partial charge < -0.3 is 15.1 Å². The molecular weight excluding hydrogens is 409 g/mol. The van der Waals surface area contributed by atoms with Crippen LogP contribution < -0.4 is 10.2 Å². The van der Waals surface area contributed by atoms with Crippen LogP contribution in [0.4, 0.5) is 15.9 Å². The summed E-state index contributed by atoms with van der Waals surface area (Å²) in [7, 11) is 0. The van der Waals surface area contributed by atoms with Crippen LogP contribution in [-0.4, -0.2) is 71.9 Å². The Kier molecular flexibility index (Phi) is 6.99. The van der Waals surface area contributed by atoms with Gasteiger partial charge in [-0.25, -0.2) is 9.37 Å². The molecule has 2 amide bonds. The maximum atomic E-state index is 13.4. The van der Waals surface area contributed by atoms with Crippen LogP contribution in [-0.2, 0) is 4.79 Å². The summed E-state index contributed by atoms with van der Waals surface area (Å²) in [4.78, 5) is 36.4. The minimum atomic E-state index is -0.380. The third-order valence-electron chi connectivity index (χ3n) is 6.29. The molecule has 1 unspecified atom stereocenters. The van der Waals surface area contributed by atoms with E-state index in [1.165, 1.54) is 18.6 Å². The molecule has 7 nitrogen and oxygen atoms in total. The number of carbonyl (C=O) groups is 2. The Hall–Kier alpha value is -3.00. The normalized spacial score (nSPS) is 18.3. The van der Waals surface area contributed by atoms with E-state index in [0.717, 1.165) is 31.7 Å². The average molecular weight is 440 g/mol. The molecule has 3 heterocycles. The number of hydrogen-bond donors (Lipinski definition) is 1. The first-order chi connectivity index (χ1) is 15.5. The molecule has 2 aromatic rings. The highest BCUT2D eigenvalue weighted by atomic mass is 19.1. The molecular formula is C24H30FN5O2. The summed E-state index contributed by atoms with van der Waals surface area (Å²) in [5.41, 5.74) is 1.11. The van der Waals surface area contributed by atoms with E-state index >= 15 is 0 Å². The first-order valence-corrected chi connectivity index (χ1v) is 11.3. The van der Waals surface area contributed by atoms with Gasteiger partial charge in [-0.2, -0.15) is 0 Å². The Balaban J connectivity index is 1.37. The number of benzene rings is 1. The number of anilines is 2. The van der Waals surface area contributed by atoms with Crippen molar-refractivity contribution in [1.82, 2.24) is 14.8 Å². The Morgan fingerprint density at radius 2 is 1.75 bits per heavy atom. The number of aromatic nitrogens is 1. The minimum Gasteiger partial charge on any atom is -0.353 e. The maximum Gasteiger partial charge on any atom is 0.257 e. The topological polar surface area (TPSA) is 68.8 Å². The molecule has 2 saturated heterocycles. The quantitative estimate of drug-likeness (QED) is 0.776. The first kappa shape index (κ1) is 22.2. The fourth-order valence-electron chi connectivity index (χ4n) is 4.38. The van der Waals surface area contributed by atoms with E-state index in [1.807, 2.05) is 24.0 Å². The predicted octanol–water partition coefficient (Wildman–Crippen LogP) is 3.00. The smallest absolute Gasteiger partial charge is 0.257 e. The number of carbonyl (C=O) groups excluding carboxylic acids is 2. The molecule has 1 aromatic carbocycles. The van der Waals surface area contributed by atoms with E-state index in [2.05, 4.69) is 20.1 Å². The highest BCUT2D eigenvalue weighted by Gasteiger charge is 2.29. The molecule has 1 atom stereocenters. The van der Waals surface area contributed by atoms with Crippen molar-refractivity contribution in [1.29, 1.82) is 0 Å². The molecule has 2 aliphatic rings. The number of hydrogen-bond acceptors (Lipinski definition) is 5. The van der Waals surface area contributed by atoms with Crippen LogP contribution in [0.2, 0.25) is 0 Å². The van der Waals surface area contributed by atoms with Crippen LogP contribution in [0.25, 0.3) is 0 Å². The van der Waals surface area contributed by atoms with Crippen LogP contribution in [0.15, 0.2) is 42.6 Å². The number of nitrogens with zero attached hydrogens (tertiary/aromatic N) is 4. The van der Waals surface area contributed by atoms with Crippen molar-refractivity contribution in [2.75, 3.05) is 49.5 Å². The fourth-order valence-corrected chi connectivity index (χ4v) is 4.38. The van der Waals surface area contributed by atoms with Gasteiger partial charge in [-0.1, -0.05) is 6.07 Å². The number of rotatable bonds is 5. The molecule has 0 saturated carbocycles. The zero-order chi connectivity index (χ0) is 22.5. The van der Waals surface area contributed by atoms with Crippen molar-refractivity contribution in [3.8, 4) is 0 Å². The van der Waals surface area contributed by atoms with Gasteiger partial charge in [-0.05, 0) is 56.5 Å². The highest BCUT2D eigenvalue weighted by molar-refractivity contribution is 5.99.